The number of rotatable bonds is 3. The third kappa shape index (κ3) is 3.28. The fourth-order valence-electron chi connectivity index (χ4n) is 1.69. The van der Waals surface area contributed by atoms with Gasteiger partial charge in [0.25, 0.3) is 0 Å². The molecule has 0 N–H and O–H groups in total. The molecule has 0 radical (unpaired) electrons. The smallest absolute Gasteiger partial charge is 0.146 e. The zero-order valence-corrected chi connectivity index (χ0v) is 12.6. The van der Waals surface area contributed by atoms with Gasteiger partial charge in [-0.3, -0.25) is 0 Å². The second-order valence-corrected chi connectivity index (χ2v) is 5.28. The van der Waals surface area contributed by atoms with Gasteiger partial charge >= 0.3 is 0 Å². The number of nitriles is 1. The van der Waals surface area contributed by atoms with Gasteiger partial charge in [0.1, 0.15) is 17.6 Å². The highest BCUT2D eigenvalue weighted by Crippen LogP contribution is 2.30. The van der Waals surface area contributed by atoms with E-state index < -0.39 is 0 Å². The van der Waals surface area contributed by atoms with E-state index in [1.165, 1.54) is 0 Å². The monoisotopic (exact) mass is 335 g/mol. The third-order valence-electron chi connectivity index (χ3n) is 2.69. The van der Waals surface area contributed by atoms with Gasteiger partial charge in [-0.15, -0.1) is 0 Å². The van der Waals surface area contributed by atoms with Gasteiger partial charge in [0, 0.05) is 9.50 Å². The summed E-state index contributed by atoms with van der Waals surface area (Å²) in [4.78, 5) is 0. The van der Waals surface area contributed by atoms with Crippen LogP contribution in [0.15, 0.2) is 40.9 Å². The Morgan fingerprint density at radius 3 is 2.74 bits per heavy atom. The first kappa shape index (κ1) is 13.9. The first-order valence-electron chi connectivity index (χ1n) is 5.80. The molecule has 0 spiro atoms. The van der Waals surface area contributed by atoms with Crippen LogP contribution in [-0.2, 0) is 6.42 Å². The maximum Gasteiger partial charge on any atom is 0.146 e. The van der Waals surface area contributed by atoms with Crippen LogP contribution < -0.4 is 4.74 Å². The Bertz CT molecular complexity index is 649. The second-order valence-electron chi connectivity index (χ2n) is 3.96. The number of ether oxygens (including phenoxy) is 1. The van der Waals surface area contributed by atoms with Crippen molar-refractivity contribution in [3.63, 3.8) is 0 Å². The van der Waals surface area contributed by atoms with E-state index in [1.54, 1.807) is 24.3 Å². The molecule has 2 aromatic carbocycles. The number of halogens is 2. The minimum absolute atomic E-state index is 0.496. The number of hydrogen-bond acceptors (Lipinski definition) is 2. The van der Waals surface area contributed by atoms with Gasteiger partial charge in [0.05, 0.1) is 5.56 Å². The van der Waals surface area contributed by atoms with Crippen LogP contribution in [0, 0.1) is 11.3 Å². The maximum atomic E-state index is 9.07. The van der Waals surface area contributed by atoms with Crippen molar-refractivity contribution in [3.05, 3.63) is 57.0 Å². The summed E-state index contributed by atoms with van der Waals surface area (Å²) in [6.07, 6.45) is 0.833. The molecule has 2 nitrogen and oxygen atoms in total. The van der Waals surface area contributed by atoms with E-state index in [9.17, 15) is 0 Å². The van der Waals surface area contributed by atoms with Gasteiger partial charge < -0.3 is 4.74 Å². The Morgan fingerprint density at radius 2 is 2.05 bits per heavy atom. The minimum Gasteiger partial charge on any atom is -0.456 e. The molecule has 96 valence electrons. The molecule has 0 atom stereocenters. The molecule has 2 aromatic rings. The molecule has 0 fully saturated rings. The number of benzene rings is 2. The van der Waals surface area contributed by atoms with Crippen LogP contribution >= 0.6 is 27.5 Å². The Kier molecular flexibility index (Phi) is 4.47. The van der Waals surface area contributed by atoms with Crippen molar-refractivity contribution in [1.29, 1.82) is 5.26 Å². The van der Waals surface area contributed by atoms with Crippen LogP contribution in [0.25, 0.3) is 0 Å². The SMILES string of the molecule is CCc1cc(Oc2cc(Br)ccc2C#N)ccc1Cl. The summed E-state index contributed by atoms with van der Waals surface area (Å²) in [7, 11) is 0. The molecule has 0 aliphatic rings. The Balaban J connectivity index is 2.36. The van der Waals surface area contributed by atoms with E-state index in [-0.39, 0.29) is 0 Å². The molecular weight excluding hydrogens is 326 g/mol. The first-order chi connectivity index (χ1) is 9.13. The van der Waals surface area contributed by atoms with Gasteiger partial charge in [0.15, 0.2) is 0 Å². The molecule has 0 amide bonds. The molecule has 0 saturated carbocycles. The van der Waals surface area contributed by atoms with Crippen LogP contribution in [0.3, 0.4) is 0 Å². The Hall–Kier alpha value is -1.50. The zero-order valence-electron chi connectivity index (χ0n) is 10.3. The molecule has 0 saturated heterocycles. The maximum absolute atomic E-state index is 9.07. The van der Waals surface area contributed by atoms with E-state index in [4.69, 9.17) is 21.6 Å². The van der Waals surface area contributed by atoms with E-state index >= 15 is 0 Å². The fraction of sp³-hybridized carbons (Fsp3) is 0.133. The van der Waals surface area contributed by atoms with Crippen LogP contribution in [0.1, 0.15) is 18.1 Å². The standard InChI is InChI=1S/C15H11BrClNO/c1-2-10-7-13(5-6-14(10)17)19-15-8-12(16)4-3-11(15)9-18/h3-8H,2H2,1H3. The summed E-state index contributed by atoms with van der Waals surface area (Å²) in [6.45, 7) is 2.03. The fourth-order valence-corrected chi connectivity index (χ4v) is 2.28. The van der Waals surface area contributed by atoms with Crippen LogP contribution in [-0.4, -0.2) is 0 Å². The summed E-state index contributed by atoms with van der Waals surface area (Å²) >= 11 is 9.44. The van der Waals surface area contributed by atoms with Gasteiger partial charge in [0.2, 0.25) is 0 Å². The first-order valence-corrected chi connectivity index (χ1v) is 6.97. The lowest BCUT2D eigenvalue weighted by atomic mass is 10.1. The number of hydrogen-bond donors (Lipinski definition) is 0. The molecule has 0 heterocycles. The van der Waals surface area contributed by atoms with Gasteiger partial charge in [-0.2, -0.15) is 5.26 Å². The van der Waals surface area contributed by atoms with E-state index in [1.807, 2.05) is 19.1 Å². The highest BCUT2D eigenvalue weighted by atomic mass is 79.9. The summed E-state index contributed by atoms with van der Waals surface area (Å²) in [5.74, 6) is 1.21. The molecule has 19 heavy (non-hydrogen) atoms. The van der Waals surface area contributed by atoms with Crippen molar-refractivity contribution < 1.29 is 4.74 Å². The normalized spacial score (nSPS) is 10.0. The predicted octanol–water partition coefficient (Wildman–Crippen LogP) is 5.33. The highest BCUT2D eigenvalue weighted by Gasteiger charge is 2.07. The van der Waals surface area contributed by atoms with Crippen LogP contribution in [0.5, 0.6) is 11.5 Å². The largest absolute Gasteiger partial charge is 0.456 e. The summed E-state index contributed by atoms with van der Waals surface area (Å²) in [5.41, 5.74) is 1.52. The van der Waals surface area contributed by atoms with Gasteiger partial charge in [-0.05, 0) is 48.4 Å². The van der Waals surface area contributed by atoms with E-state index in [0.717, 1.165) is 21.5 Å². The van der Waals surface area contributed by atoms with Crippen molar-refractivity contribution in [3.8, 4) is 17.6 Å². The molecular formula is C15H11BrClNO. The van der Waals surface area contributed by atoms with Crippen LogP contribution in [0.4, 0.5) is 0 Å². The lowest BCUT2D eigenvalue weighted by Gasteiger charge is -2.10. The molecule has 2 rings (SSSR count). The summed E-state index contributed by atoms with van der Waals surface area (Å²) in [5, 5.41) is 9.79. The Labute approximate surface area is 125 Å². The second kappa shape index (κ2) is 6.10. The lowest BCUT2D eigenvalue weighted by Crippen LogP contribution is -1.90. The molecule has 0 aliphatic carbocycles. The number of aryl methyl sites for hydroxylation is 1. The van der Waals surface area contributed by atoms with Crippen LogP contribution in [0.2, 0.25) is 5.02 Å². The Morgan fingerprint density at radius 1 is 1.26 bits per heavy atom. The van der Waals surface area contributed by atoms with Crippen molar-refractivity contribution in [1.82, 2.24) is 0 Å². The predicted molar refractivity (Wildman–Crippen MR) is 79.8 cm³/mol. The molecule has 0 aliphatic heterocycles. The number of nitrogens with zero attached hydrogens (tertiary/aromatic N) is 1. The molecule has 0 bridgehead atoms. The van der Waals surface area contributed by atoms with Crippen molar-refractivity contribution in [2.45, 2.75) is 13.3 Å². The van der Waals surface area contributed by atoms with Crippen molar-refractivity contribution >= 4 is 27.5 Å². The van der Waals surface area contributed by atoms with Gasteiger partial charge in [-0.1, -0.05) is 34.5 Å². The summed E-state index contributed by atoms with van der Waals surface area (Å²) < 4.78 is 6.63. The zero-order chi connectivity index (χ0) is 13.8. The molecule has 0 aromatic heterocycles. The average Bonchev–Trinajstić information content (AvgIpc) is 2.41. The highest BCUT2D eigenvalue weighted by molar-refractivity contribution is 9.10. The summed E-state index contributed by atoms with van der Waals surface area (Å²) in [6, 6.07) is 12.9. The quantitative estimate of drug-likeness (QED) is 0.759. The molecule has 4 heteroatoms. The van der Waals surface area contributed by atoms with Crippen molar-refractivity contribution in [2.24, 2.45) is 0 Å². The topological polar surface area (TPSA) is 33.0 Å². The minimum atomic E-state index is 0.496. The van der Waals surface area contributed by atoms with Gasteiger partial charge in [-0.25, -0.2) is 0 Å². The third-order valence-corrected chi connectivity index (χ3v) is 3.55. The van der Waals surface area contributed by atoms with Crippen molar-refractivity contribution in [2.75, 3.05) is 0 Å². The lowest BCUT2D eigenvalue weighted by molar-refractivity contribution is 0.480. The van der Waals surface area contributed by atoms with E-state index in [2.05, 4.69) is 22.0 Å². The van der Waals surface area contributed by atoms with E-state index in [0.29, 0.717) is 17.1 Å². The average molecular weight is 337 g/mol. The molecule has 0 unspecified atom stereocenters.